The average molecular weight is 905 g/mol. The Morgan fingerprint density at radius 1 is 0.532 bits per heavy atom. The van der Waals surface area contributed by atoms with Crippen LogP contribution in [0.2, 0.25) is 0 Å². The fourth-order valence-corrected chi connectivity index (χ4v) is 8.60. The standard InChI is InChI=1S/C49H92O12S/c1-3-5-7-9-11-13-15-17-18-19-20-21-22-23-24-26-28-30-32-34-36-38-45(51)60-42(40-59-49-48(54)47(53)46(52)43(61-49)41-62(55,56)57)39-58-44(50)37-35-33-31-29-27-25-16-14-12-10-8-6-4-2/h19-20,42-43,46-49,52-54H,3-18,21-41H2,1-2H3,(H,55,56,57)/b20-19-. The molecule has 0 bridgehead atoms. The van der Waals surface area contributed by atoms with Gasteiger partial charge >= 0.3 is 11.9 Å². The van der Waals surface area contributed by atoms with Gasteiger partial charge in [-0.1, -0.05) is 193 Å². The first-order valence-electron chi connectivity index (χ1n) is 25.2. The zero-order valence-electron chi connectivity index (χ0n) is 39.2. The Labute approximate surface area is 377 Å². The molecule has 1 heterocycles. The van der Waals surface area contributed by atoms with Crippen LogP contribution in [0, 0.1) is 0 Å². The molecule has 6 atom stereocenters. The number of rotatable bonds is 43. The molecule has 4 N–H and O–H groups in total. The van der Waals surface area contributed by atoms with Crippen LogP contribution in [-0.4, -0.2) is 96.0 Å². The van der Waals surface area contributed by atoms with Crippen LogP contribution in [0.1, 0.15) is 232 Å². The Hall–Kier alpha value is -1.61. The van der Waals surface area contributed by atoms with Gasteiger partial charge in [-0.2, -0.15) is 8.42 Å². The van der Waals surface area contributed by atoms with E-state index in [1.165, 1.54) is 154 Å². The minimum atomic E-state index is -4.60. The van der Waals surface area contributed by atoms with E-state index >= 15 is 0 Å². The molecule has 0 radical (unpaired) electrons. The predicted molar refractivity (Wildman–Crippen MR) is 247 cm³/mol. The normalized spacial score (nSPS) is 19.9. The number of aliphatic hydroxyl groups excluding tert-OH is 3. The fourth-order valence-electron chi connectivity index (χ4n) is 7.91. The van der Waals surface area contributed by atoms with Crippen molar-refractivity contribution < 1.29 is 56.8 Å². The molecule has 0 aliphatic carbocycles. The van der Waals surface area contributed by atoms with E-state index in [1.807, 2.05) is 0 Å². The zero-order chi connectivity index (χ0) is 45.5. The maximum Gasteiger partial charge on any atom is 0.306 e. The molecular formula is C49H92O12S. The Bertz CT molecular complexity index is 1200. The molecule has 12 nitrogen and oxygen atoms in total. The summed E-state index contributed by atoms with van der Waals surface area (Å²) < 4.78 is 54.2. The third kappa shape index (κ3) is 33.8. The van der Waals surface area contributed by atoms with Gasteiger partial charge in [-0.3, -0.25) is 14.1 Å². The Morgan fingerprint density at radius 3 is 1.34 bits per heavy atom. The third-order valence-electron chi connectivity index (χ3n) is 11.8. The monoisotopic (exact) mass is 905 g/mol. The van der Waals surface area contributed by atoms with Crippen LogP contribution in [0.4, 0.5) is 0 Å². The third-order valence-corrected chi connectivity index (χ3v) is 12.6. The molecule has 0 spiro atoms. The van der Waals surface area contributed by atoms with Crippen molar-refractivity contribution in [3.63, 3.8) is 0 Å². The summed E-state index contributed by atoms with van der Waals surface area (Å²) in [6.07, 6.45) is 34.0. The fraction of sp³-hybridized carbons (Fsp3) is 0.918. The molecule has 0 saturated carbocycles. The van der Waals surface area contributed by atoms with Crippen LogP contribution < -0.4 is 0 Å². The summed E-state index contributed by atoms with van der Waals surface area (Å²) >= 11 is 0. The molecule has 13 heteroatoms. The number of allylic oxidation sites excluding steroid dienone is 2. The second kappa shape index (κ2) is 39.7. The number of esters is 2. The second-order valence-electron chi connectivity index (χ2n) is 17.8. The molecular weight excluding hydrogens is 813 g/mol. The number of carbonyl (C=O) groups is 2. The van der Waals surface area contributed by atoms with Crippen LogP contribution in [0.25, 0.3) is 0 Å². The molecule has 1 aliphatic rings. The van der Waals surface area contributed by atoms with Crippen LogP contribution in [-0.2, 0) is 38.7 Å². The van der Waals surface area contributed by atoms with Gasteiger partial charge < -0.3 is 34.3 Å². The first kappa shape index (κ1) is 58.4. The van der Waals surface area contributed by atoms with Crippen LogP contribution >= 0.6 is 0 Å². The summed E-state index contributed by atoms with van der Waals surface area (Å²) in [7, 11) is -4.60. The molecule has 0 amide bonds. The van der Waals surface area contributed by atoms with Crippen molar-refractivity contribution in [1.82, 2.24) is 0 Å². The lowest BCUT2D eigenvalue weighted by Gasteiger charge is -2.40. The summed E-state index contributed by atoms with van der Waals surface area (Å²) in [5, 5.41) is 30.9. The van der Waals surface area contributed by atoms with Crippen molar-refractivity contribution in [2.75, 3.05) is 19.0 Å². The van der Waals surface area contributed by atoms with Gasteiger partial charge in [0.15, 0.2) is 12.4 Å². The molecule has 1 fully saturated rings. The largest absolute Gasteiger partial charge is 0.462 e. The van der Waals surface area contributed by atoms with E-state index in [4.69, 9.17) is 18.9 Å². The van der Waals surface area contributed by atoms with E-state index in [0.29, 0.717) is 12.8 Å². The lowest BCUT2D eigenvalue weighted by molar-refractivity contribution is -0.297. The van der Waals surface area contributed by atoms with Gasteiger partial charge in [-0.15, -0.1) is 0 Å². The van der Waals surface area contributed by atoms with Gasteiger partial charge in [0, 0.05) is 12.8 Å². The van der Waals surface area contributed by atoms with Gasteiger partial charge in [0.05, 0.1) is 6.61 Å². The van der Waals surface area contributed by atoms with Crippen molar-refractivity contribution in [1.29, 1.82) is 0 Å². The number of unbranched alkanes of at least 4 members (excludes halogenated alkanes) is 29. The van der Waals surface area contributed by atoms with Crippen LogP contribution in [0.3, 0.4) is 0 Å². The second-order valence-corrected chi connectivity index (χ2v) is 19.3. The molecule has 366 valence electrons. The first-order valence-corrected chi connectivity index (χ1v) is 26.9. The van der Waals surface area contributed by atoms with E-state index < -0.39 is 71.2 Å². The minimum absolute atomic E-state index is 0.167. The lowest BCUT2D eigenvalue weighted by atomic mass is 10.00. The van der Waals surface area contributed by atoms with Gasteiger partial charge in [-0.05, 0) is 38.5 Å². The summed E-state index contributed by atoms with van der Waals surface area (Å²) in [6.45, 7) is 3.79. The Morgan fingerprint density at radius 2 is 0.919 bits per heavy atom. The number of ether oxygens (including phenoxy) is 4. The van der Waals surface area contributed by atoms with E-state index in [9.17, 15) is 37.9 Å². The first-order chi connectivity index (χ1) is 30.0. The number of aliphatic hydroxyl groups is 3. The zero-order valence-corrected chi connectivity index (χ0v) is 40.1. The smallest absolute Gasteiger partial charge is 0.306 e. The Balaban J connectivity index is 2.36. The SMILES string of the molecule is CCCCCCCCCC/C=C\CCCCCCCCCCCC(=O)OC(COC(=O)CCCCCCCCCCCCCCC)COC1OC(CS(=O)(=O)O)C(O)C(O)C1O. The lowest BCUT2D eigenvalue weighted by Crippen LogP contribution is -2.60. The number of hydrogen-bond donors (Lipinski definition) is 4. The molecule has 62 heavy (non-hydrogen) atoms. The van der Waals surface area contributed by atoms with Crippen LogP contribution in [0.15, 0.2) is 12.2 Å². The predicted octanol–water partition coefficient (Wildman–Crippen LogP) is 11.0. The molecule has 0 aromatic heterocycles. The number of hydrogen-bond acceptors (Lipinski definition) is 11. The summed E-state index contributed by atoms with van der Waals surface area (Å²) in [4.78, 5) is 25.5. The van der Waals surface area contributed by atoms with E-state index in [-0.39, 0.29) is 19.4 Å². The van der Waals surface area contributed by atoms with Crippen LogP contribution in [0.5, 0.6) is 0 Å². The van der Waals surface area contributed by atoms with E-state index in [2.05, 4.69) is 26.0 Å². The minimum Gasteiger partial charge on any atom is -0.462 e. The molecule has 0 aromatic carbocycles. The van der Waals surface area contributed by atoms with Crippen molar-refractivity contribution in [3.8, 4) is 0 Å². The van der Waals surface area contributed by atoms with E-state index in [1.54, 1.807) is 0 Å². The summed E-state index contributed by atoms with van der Waals surface area (Å²) in [6, 6.07) is 0. The molecule has 6 unspecified atom stereocenters. The van der Waals surface area contributed by atoms with Gasteiger partial charge in [-0.25, -0.2) is 0 Å². The van der Waals surface area contributed by atoms with Gasteiger partial charge in [0.2, 0.25) is 0 Å². The highest BCUT2D eigenvalue weighted by Crippen LogP contribution is 2.24. The van der Waals surface area contributed by atoms with Gasteiger partial charge in [0.25, 0.3) is 10.1 Å². The van der Waals surface area contributed by atoms with E-state index in [0.717, 1.165) is 38.5 Å². The quantitative estimate of drug-likeness (QED) is 0.0197. The maximum absolute atomic E-state index is 12.9. The number of carbonyl (C=O) groups excluding carboxylic acids is 2. The molecule has 1 saturated heterocycles. The Kier molecular flexibility index (Phi) is 37.4. The highest BCUT2D eigenvalue weighted by atomic mass is 32.2. The molecule has 1 aliphatic heterocycles. The maximum atomic E-state index is 12.9. The van der Waals surface area contributed by atoms with Crippen molar-refractivity contribution in [3.05, 3.63) is 12.2 Å². The van der Waals surface area contributed by atoms with Crippen molar-refractivity contribution in [2.45, 2.75) is 269 Å². The average Bonchev–Trinajstić information content (AvgIpc) is 3.24. The summed E-state index contributed by atoms with van der Waals surface area (Å²) in [5.41, 5.74) is 0. The van der Waals surface area contributed by atoms with Gasteiger partial charge in [0.1, 0.15) is 36.8 Å². The summed E-state index contributed by atoms with van der Waals surface area (Å²) in [5.74, 6) is -1.97. The van der Waals surface area contributed by atoms with Crippen molar-refractivity contribution >= 4 is 22.1 Å². The highest BCUT2D eigenvalue weighted by Gasteiger charge is 2.46. The topological polar surface area (TPSA) is 186 Å². The van der Waals surface area contributed by atoms with Crippen molar-refractivity contribution in [2.24, 2.45) is 0 Å². The molecule has 0 aromatic rings. The highest BCUT2D eigenvalue weighted by molar-refractivity contribution is 7.85. The molecule has 1 rings (SSSR count).